The van der Waals surface area contributed by atoms with Crippen LogP contribution in [0, 0.1) is 0 Å². The third kappa shape index (κ3) is 0.979. The fraction of sp³-hybridized carbons (Fsp3) is 0.200. The van der Waals surface area contributed by atoms with Crippen molar-refractivity contribution in [3.8, 4) is 0 Å². The molecule has 1 aliphatic heterocycles. The first-order valence-corrected chi connectivity index (χ1v) is 3.46. The molecule has 1 aliphatic rings. The fourth-order valence-electron chi connectivity index (χ4n) is 0.949. The van der Waals surface area contributed by atoms with Crippen LogP contribution < -0.4 is 16.6 Å². The Hall–Kier alpha value is -1.07. The molecule has 0 atom stereocenters. The lowest BCUT2D eigenvalue weighted by atomic mass is 10.3. The SMILES string of the molecule is Nc1nc(Cl)c2c(n1)NNC2. The number of fused-ring (bicyclic) bond motifs is 1. The molecule has 0 saturated carbocycles. The lowest BCUT2D eigenvalue weighted by Gasteiger charge is -1.99. The number of halogens is 1. The van der Waals surface area contributed by atoms with Crippen LogP contribution in [-0.4, -0.2) is 9.97 Å². The Kier molecular flexibility index (Phi) is 1.33. The summed E-state index contributed by atoms with van der Waals surface area (Å²) in [6.45, 7) is 0.633. The van der Waals surface area contributed by atoms with Gasteiger partial charge in [0, 0.05) is 12.1 Å². The summed E-state index contributed by atoms with van der Waals surface area (Å²) in [6, 6.07) is 0. The standard InChI is InChI=1S/C5H6ClN5/c6-3-2-1-8-11-4(2)10-5(7)9-3/h8H,1H2,(H3,7,9,10,11). The second kappa shape index (κ2) is 2.21. The first-order chi connectivity index (χ1) is 5.27. The van der Waals surface area contributed by atoms with Gasteiger partial charge in [-0.15, -0.1) is 0 Å². The van der Waals surface area contributed by atoms with Gasteiger partial charge in [0.05, 0.1) is 0 Å². The second-order valence-corrected chi connectivity index (χ2v) is 2.54. The molecule has 2 heterocycles. The van der Waals surface area contributed by atoms with Crippen LogP contribution in [0.2, 0.25) is 5.15 Å². The zero-order valence-electron chi connectivity index (χ0n) is 5.56. The molecule has 58 valence electrons. The highest BCUT2D eigenvalue weighted by Gasteiger charge is 2.16. The monoisotopic (exact) mass is 171 g/mol. The largest absolute Gasteiger partial charge is 0.368 e. The first-order valence-electron chi connectivity index (χ1n) is 3.08. The molecular formula is C5H6ClN5. The summed E-state index contributed by atoms with van der Waals surface area (Å²) in [6.07, 6.45) is 0. The number of nitrogens with zero attached hydrogens (tertiary/aromatic N) is 2. The van der Waals surface area contributed by atoms with E-state index in [4.69, 9.17) is 17.3 Å². The Morgan fingerprint density at radius 3 is 3.09 bits per heavy atom. The van der Waals surface area contributed by atoms with Crippen molar-refractivity contribution in [2.75, 3.05) is 11.2 Å². The molecule has 0 amide bonds. The average Bonchev–Trinajstić information content (AvgIpc) is 2.34. The van der Waals surface area contributed by atoms with Crippen molar-refractivity contribution in [3.63, 3.8) is 0 Å². The predicted octanol–water partition coefficient (Wildman–Crippen LogP) is 0.142. The van der Waals surface area contributed by atoms with E-state index in [0.717, 1.165) is 5.56 Å². The normalized spacial score (nSPS) is 14.3. The van der Waals surface area contributed by atoms with Crippen LogP contribution in [0.3, 0.4) is 0 Å². The molecule has 0 spiro atoms. The number of rotatable bonds is 0. The summed E-state index contributed by atoms with van der Waals surface area (Å²) in [5.74, 6) is 0.854. The predicted molar refractivity (Wildman–Crippen MR) is 41.9 cm³/mol. The maximum Gasteiger partial charge on any atom is 0.223 e. The van der Waals surface area contributed by atoms with Gasteiger partial charge in [-0.25, -0.2) is 10.4 Å². The molecule has 4 N–H and O–H groups in total. The smallest absolute Gasteiger partial charge is 0.223 e. The van der Waals surface area contributed by atoms with Gasteiger partial charge in [0.25, 0.3) is 0 Å². The van der Waals surface area contributed by atoms with Crippen LogP contribution in [-0.2, 0) is 6.54 Å². The van der Waals surface area contributed by atoms with E-state index in [1.165, 1.54) is 0 Å². The Bertz CT molecular complexity index is 299. The molecule has 0 radical (unpaired) electrons. The Morgan fingerprint density at radius 2 is 2.27 bits per heavy atom. The lowest BCUT2D eigenvalue weighted by molar-refractivity contribution is 0.857. The summed E-state index contributed by atoms with van der Waals surface area (Å²) in [5.41, 5.74) is 11.9. The lowest BCUT2D eigenvalue weighted by Crippen LogP contribution is -2.11. The molecular weight excluding hydrogens is 166 g/mol. The Morgan fingerprint density at radius 1 is 1.45 bits per heavy atom. The highest BCUT2D eigenvalue weighted by molar-refractivity contribution is 6.30. The van der Waals surface area contributed by atoms with Crippen molar-refractivity contribution in [1.29, 1.82) is 0 Å². The van der Waals surface area contributed by atoms with Crippen molar-refractivity contribution in [3.05, 3.63) is 10.7 Å². The molecule has 1 aromatic rings. The third-order valence-corrected chi connectivity index (χ3v) is 1.76. The highest BCUT2D eigenvalue weighted by atomic mass is 35.5. The van der Waals surface area contributed by atoms with Gasteiger partial charge in [-0.2, -0.15) is 4.98 Å². The zero-order chi connectivity index (χ0) is 7.84. The zero-order valence-corrected chi connectivity index (χ0v) is 6.31. The molecule has 11 heavy (non-hydrogen) atoms. The molecule has 0 fully saturated rings. The van der Waals surface area contributed by atoms with E-state index in [1.54, 1.807) is 0 Å². The first kappa shape index (κ1) is 6.63. The van der Waals surface area contributed by atoms with Crippen LogP contribution >= 0.6 is 11.6 Å². The van der Waals surface area contributed by atoms with Crippen LogP contribution in [0.25, 0.3) is 0 Å². The Labute approximate surface area is 67.9 Å². The maximum atomic E-state index is 5.76. The number of hydrogen-bond acceptors (Lipinski definition) is 5. The molecule has 2 rings (SSSR count). The van der Waals surface area contributed by atoms with E-state index in [1.807, 2.05) is 0 Å². The van der Waals surface area contributed by atoms with E-state index in [2.05, 4.69) is 20.8 Å². The number of hydrazine groups is 1. The van der Waals surface area contributed by atoms with Gasteiger partial charge in [-0.3, -0.25) is 0 Å². The van der Waals surface area contributed by atoms with Gasteiger partial charge in [-0.05, 0) is 0 Å². The van der Waals surface area contributed by atoms with Crippen LogP contribution in [0.1, 0.15) is 5.56 Å². The molecule has 6 heteroatoms. The Balaban J connectivity index is 2.60. The summed E-state index contributed by atoms with van der Waals surface area (Å²) in [5, 5.41) is 0.407. The molecule has 0 bridgehead atoms. The summed E-state index contributed by atoms with van der Waals surface area (Å²) < 4.78 is 0. The van der Waals surface area contributed by atoms with E-state index in [0.29, 0.717) is 17.5 Å². The minimum Gasteiger partial charge on any atom is -0.368 e. The third-order valence-electron chi connectivity index (χ3n) is 1.45. The summed E-state index contributed by atoms with van der Waals surface area (Å²) in [4.78, 5) is 7.72. The van der Waals surface area contributed by atoms with E-state index in [9.17, 15) is 0 Å². The number of aromatic nitrogens is 2. The highest BCUT2D eigenvalue weighted by Crippen LogP contribution is 2.24. The van der Waals surface area contributed by atoms with E-state index >= 15 is 0 Å². The minimum absolute atomic E-state index is 0.185. The molecule has 0 aliphatic carbocycles. The molecule has 0 aromatic carbocycles. The number of nitrogen functional groups attached to an aromatic ring is 1. The van der Waals surface area contributed by atoms with Crippen molar-refractivity contribution < 1.29 is 0 Å². The van der Waals surface area contributed by atoms with Crippen molar-refractivity contribution in [2.45, 2.75) is 6.54 Å². The molecule has 1 aromatic heterocycles. The topological polar surface area (TPSA) is 75.9 Å². The van der Waals surface area contributed by atoms with Gasteiger partial charge in [0.2, 0.25) is 5.95 Å². The molecule has 0 saturated heterocycles. The van der Waals surface area contributed by atoms with Crippen LogP contribution in [0.5, 0.6) is 0 Å². The fourth-order valence-corrected chi connectivity index (χ4v) is 1.19. The number of nitrogens with two attached hydrogens (primary N) is 1. The van der Waals surface area contributed by atoms with Crippen molar-refractivity contribution in [2.24, 2.45) is 0 Å². The van der Waals surface area contributed by atoms with Crippen LogP contribution in [0.15, 0.2) is 0 Å². The minimum atomic E-state index is 0.185. The van der Waals surface area contributed by atoms with Crippen molar-refractivity contribution in [1.82, 2.24) is 15.4 Å². The number of hydrogen-bond donors (Lipinski definition) is 3. The van der Waals surface area contributed by atoms with Gasteiger partial charge < -0.3 is 11.2 Å². The van der Waals surface area contributed by atoms with Gasteiger partial charge >= 0.3 is 0 Å². The number of nitrogens with one attached hydrogen (secondary N) is 2. The molecule has 5 nitrogen and oxygen atoms in total. The van der Waals surface area contributed by atoms with Crippen molar-refractivity contribution >= 4 is 23.4 Å². The second-order valence-electron chi connectivity index (χ2n) is 2.18. The van der Waals surface area contributed by atoms with E-state index < -0.39 is 0 Å². The van der Waals surface area contributed by atoms with Gasteiger partial charge in [0.15, 0.2) is 5.82 Å². The van der Waals surface area contributed by atoms with Gasteiger partial charge in [0.1, 0.15) is 5.15 Å². The molecule has 0 unspecified atom stereocenters. The summed E-state index contributed by atoms with van der Waals surface area (Å²) in [7, 11) is 0. The maximum absolute atomic E-state index is 5.76. The van der Waals surface area contributed by atoms with E-state index in [-0.39, 0.29) is 5.95 Å². The number of anilines is 2. The quantitative estimate of drug-likeness (QED) is 0.485. The van der Waals surface area contributed by atoms with Gasteiger partial charge in [-0.1, -0.05) is 11.6 Å². The van der Waals surface area contributed by atoms with Crippen LogP contribution in [0.4, 0.5) is 11.8 Å². The average molecular weight is 172 g/mol. The summed E-state index contributed by atoms with van der Waals surface area (Å²) >= 11 is 5.76.